The van der Waals surface area contributed by atoms with E-state index in [1.54, 1.807) is 60.7 Å². The first-order valence-corrected chi connectivity index (χ1v) is 46.9. The lowest BCUT2D eigenvalue weighted by Crippen LogP contribution is -2.33. The number of hydrogen-bond donors (Lipinski definition) is 3. The van der Waals surface area contributed by atoms with Crippen LogP contribution in [0.2, 0.25) is 0 Å². The predicted molar refractivity (Wildman–Crippen MR) is 543 cm³/mol. The summed E-state index contributed by atoms with van der Waals surface area (Å²) >= 11 is 0. The van der Waals surface area contributed by atoms with Crippen LogP contribution in [0.3, 0.4) is 0 Å². The van der Waals surface area contributed by atoms with Crippen LogP contribution < -0.4 is 9.47 Å². The maximum atomic E-state index is 12.3. The standard InChI is InChI=1S/C23H22O2.C17H18O2.C16H17N.3C10H20O2.3C10H14O/c1-3-17(2)18-13-15-22(16-14-18)25-23(24)21-11-9-20(10-12-21)19-7-5-4-6-8-19;1-3-13(2)14-9-11-16(12-10-14)19-17(18)15-7-5-4-6-8-15;1-3-12(2)17-15-10-6-4-8-13(15)14-9-5-7-11-16(14)17;3*1-7-10(5,6)8(11)12-9(2,3)4;3*1-3-8(2)9-4-6-10(11)7-5-9/h4-17H,3H2,1-2H3;4-13H,3H2,1-2H3;4-12H,3H2,1-2H3;3*7H2,1-6H3;3*4-8,11H,3H2,1-2H3. The highest BCUT2D eigenvalue weighted by Gasteiger charge is 2.33. The maximum Gasteiger partial charge on any atom is 0.343 e. The highest BCUT2D eigenvalue weighted by molar-refractivity contribution is 6.08. The van der Waals surface area contributed by atoms with E-state index in [2.05, 4.69) is 136 Å². The van der Waals surface area contributed by atoms with Gasteiger partial charge in [-0.3, -0.25) is 14.4 Å². The van der Waals surface area contributed by atoms with E-state index in [1.807, 2.05) is 270 Å². The number of aromatic nitrogens is 1. The average Bonchev–Trinajstić information content (AvgIpc) is 1.61. The molecule has 0 aliphatic rings. The number of para-hydroxylation sites is 2. The summed E-state index contributed by atoms with van der Waals surface area (Å²) in [6, 6.07) is 82.3. The zero-order valence-corrected chi connectivity index (χ0v) is 84.4. The lowest BCUT2D eigenvalue weighted by atomic mass is 9.90. The lowest BCUT2D eigenvalue weighted by molar-refractivity contribution is -0.166. The minimum absolute atomic E-state index is 0.113. The number of carbonyl (C=O) groups is 5. The van der Waals surface area contributed by atoms with E-state index in [0.717, 1.165) is 68.9 Å². The minimum atomic E-state index is -0.372. The van der Waals surface area contributed by atoms with E-state index in [1.165, 1.54) is 49.6 Å². The SMILES string of the molecule is CCC(C)(C)C(=O)OC(C)(C)C.CCC(C)(C)C(=O)OC(C)(C)C.CCC(C)(C)C(=O)OC(C)(C)C.CCC(C)c1ccc(O)cc1.CCC(C)c1ccc(O)cc1.CCC(C)c1ccc(O)cc1.CCC(C)c1ccc(OC(=O)c2ccc(-c3ccccc3)cc2)cc1.CCC(C)c1ccc(OC(=O)c2ccccc2)cc1.CCC(C)n1c2ccccc2c2ccccc21. The third kappa shape index (κ3) is 40.4. The summed E-state index contributed by atoms with van der Waals surface area (Å²) in [5.74, 6) is 4.01. The van der Waals surface area contributed by atoms with E-state index in [-0.39, 0.29) is 62.9 Å². The molecular formula is C116H159NO13. The fourth-order valence-electron chi connectivity index (χ4n) is 11.9. The van der Waals surface area contributed by atoms with Gasteiger partial charge in [-0.2, -0.15) is 0 Å². The molecule has 1 aromatic heterocycles. The van der Waals surface area contributed by atoms with Crippen molar-refractivity contribution in [3.05, 3.63) is 294 Å². The molecule has 0 spiro atoms. The number of phenols is 3. The first kappa shape index (κ1) is 113. The number of esters is 5. The smallest absolute Gasteiger partial charge is 0.343 e. The fourth-order valence-corrected chi connectivity index (χ4v) is 11.9. The molecule has 0 radical (unpaired) electrons. The molecule has 10 aromatic carbocycles. The van der Waals surface area contributed by atoms with Gasteiger partial charge in [-0.05, 0) is 334 Å². The summed E-state index contributed by atoms with van der Waals surface area (Å²) in [7, 11) is 0. The van der Waals surface area contributed by atoms with Gasteiger partial charge in [-0.1, -0.05) is 255 Å². The van der Waals surface area contributed by atoms with Crippen molar-refractivity contribution in [1.82, 2.24) is 4.57 Å². The largest absolute Gasteiger partial charge is 0.508 e. The van der Waals surface area contributed by atoms with Gasteiger partial charge in [-0.25, -0.2) is 9.59 Å². The summed E-state index contributed by atoms with van der Waals surface area (Å²) in [5.41, 5.74) is 10.3. The molecule has 0 aliphatic carbocycles. The van der Waals surface area contributed by atoms with Crippen LogP contribution in [0.25, 0.3) is 32.9 Å². The molecule has 6 atom stereocenters. The Bertz CT molecular complexity index is 4790. The minimum Gasteiger partial charge on any atom is -0.508 e. The molecule has 1 heterocycles. The first-order chi connectivity index (χ1) is 61.0. The van der Waals surface area contributed by atoms with E-state index < -0.39 is 0 Å². The molecule has 0 amide bonds. The second kappa shape index (κ2) is 55.0. The number of fused-ring (bicyclic) bond motifs is 3. The molecule has 0 saturated carbocycles. The Hall–Kier alpha value is -11.3. The van der Waals surface area contributed by atoms with E-state index in [9.17, 15) is 24.0 Å². The summed E-state index contributed by atoms with van der Waals surface area (Å²) in [4.78, 5) is 58.6. The first-order valence-electron chi connectivity index (χ1n) is 46.9. The Kier molecular flexibility index (Phi) is 47.8. The van der Waals surface area contributed by atoms with Crippen molar-refractivity contribution < 1.29 is 63.0 Å². The number of nitrogens with zero attached hydrogens (tertiary/aromatic N) is 1. The van der Waals surface area contributed by atoms with Crippen molar-refractivity contribution in [2.45, 2.75) is 318 Å². The van der Waals surface area contributed by atoms with Gasteiger partial charge < -0.3 is 43.6 Å². The molecule has 14 nitrogen and oxygen atoms in total. The predicted octanol–water partition coefficient (Wildman–Crippen LogP) is 32.3. The van der Waals surface area contributed by atoms with Gasteiger partial charge in [0.15, 0.2) is 0 Å². The normalized spacial score (nSPS) is 12.6. The van der Waals surface area contributed by atoms with Crippen LogP contribution in [0, 0.1) is 16.2 Å². The fraction of sp³-hybridized carbons (Fsp3) is 0.440. The average molecular weight is 1780 g/mol. The number of carbonyl (C=O) groups excluding carboxylic acids is 5. The maximum absolute atomic E-state index is 12.3. The van der Waals surface area contributed by atoms with Gasteiger partial charge in [0, 0.05) is 27.8 Å². The van der Waals surface area contributed by atoms with Crippen LogP contribution in [0.1, 0.15) is 350 Å². The Morgan fingerprint density at radius 2 is 0.508 bits per heavy atom. The second-order valence-electron chi connectivity index (χ2n) is 38.4. The summed E-state index contributed by atoms with van der Waals surface area (Å²) < 4.78 is 29.0. The monoisotopic (exact) mass is 1770 g/mol. The zero-order chi connectivity index (χ0) is 97.9. The summed E-state index contributed by atoms with van der Waals surface area (Å²) in [6.45, 7) is 60.7. The third-order valence-electron chi connectivity index (χ3n) is 23.2. The summed E-state index contributed by atoms with van der Waals surface area (Å²) in [5, 5.41) is 29.8. The van der Waals surface area contributed by atoms with E-state index in [0.29, 0.717) is 75.5 Å². The number of hydrogen-bond acceptors (Lipinski definition) is 13. The molecule has 11 rings (SSSR count). The van der Waals surface area contributed by atoms with Crippen molar-refractivity contribution in [2.24, 2.45) is 16.2 Å². The lowest BCUT2D eigenvalue weighted by Gasteiger charge is -2.27. The third-order valence-corrected chi connectivity index (χ3v) is 23.2. The van der Waals surface area contributed by atoms with Gasteiger partial charge in [0.25, 0.3) is 0 Å². The van der Waals surface area contributed by atoms with Crippen LogP contribution in [-0.4, -0.2) is 66.5 Å². The van der Waals surface area contributed by atoms with Crippen LogP contribution >= 0.6 is 0 Å². The topological polar surface area (TPSA) is 197 Å². The molecule has 130 heavy (non-hydrogen) atoms. The van der Waals surface area contributed by atoms with Crippen LogP contribution in [0.4, 0.5) is 0 Å². The number of benzene rings is 10. The molecule has 6 unspecified atom stereocenters. The molecule has 11 aromatic rings. The van der Waals surface area contributed by atoms with Gasteiger partial charge in [0.1, 0.15) is 45.6 Å². The molecule has 3 N–H and O–H groups in total. The van der Waals surface area contributed by atoms with Gasteiger partial charge in [0.2, 0.25) is 0 Å². The second-order valence-corrected chi connectivity index (χ2v) is 38.4. The number of ether oxygens (including phenoxy) is 5. The molecule has 0 aliphatic heterocycles. The number of aromatic hydroxyl groups is 3. The molecule has 0 fully saturated rings. The van der Waals surface area contributed by atoms with E-state index in [4.69, 9.17) is 39.0 Å². The number of rotatable bonds is 23. The van der Waals surface area contributed by atoms with Gasteiger partial charge in [0.05, 0.1) is 27.4 Å². The summed E-state index contributed by atoms with van der Waals surface area (Å²) in [6.07, 6.45) is 9.20. The van der Waals surface area contributed by atoms with Crippen molar-refractivity contribution >= 4 is 51.7 Å². The molecule has 0 saturated heterocycles. The Morgan fingerprint density at radius 3 is 0.754 bits per heavy atom. The molecule has 0 bridgehead atoms. The van der Waals surface area contributed by atoms with E-state index >= 15 is 0 Å². The van der Waals surface area contributed by atoms with Crippen molar-refractivity contribution in [2.75, 3.05) is 0 Å². The highest BCUT2D eigenvalue weighted by Crippen LogP contribution is 2.35. The number of phenolic OH excluding ortho intramolecular Hbond substituents is 3. The quantitative estimate of drug-likeness (QED) is 0.0311. The molecular weight excluding hydrogens is 1620 g/mol. The van der Waals surface area contributed by atoms with Crippen LogP contribution in [-0.2, 0) is 28.6 Å². The van der Waals surface area contributed by atoms with Gasteiger partial charge in [-0.15, -0.1) is 0 Å². The molecule has 14 heteroatoms. The van der Waals surface area contributed by atoms with Gasteiger partial charge >= 0.3 is 29.8 Å². The van der Waals surface area contributed by atoms with Crippen LogP contribution in [0.15, 0.2) is 255 Å². The Morgan fingerprint density at radius 1 is 0.277 bits per heavy atom. The Labute approximate surface area is 782 Å². The zero-order valence-electron chi connectivity index (χ0n) is 84.4. The van der Waals surface area contributed by atoms with Crippen molar-refractivity contribution in [3.63, 3.8) is 0 Å². The van der Waals surface area contributed by atoms with Crippen molar-refractivity contribution in [1.29, 1.82) is 0 Å². The van der Waals surface area contributed by atoms with Crippen molar-refractivity contribution in [3.8, 4) is 39.9 Å². The highest BCUT2D eigenvalue weighted by atomic mass is 16.6. The Balaban J connectivity index is 0.000000384. The molecule has 706 valence electrons. The van der Waals surface area contributed by atoms with Crippen LogP contribution in [0.5, 0.6) is 28.7 Å².